The van der Waals surface area contributed by atoms with Crippen molar-refractivity contribution >= 4 is 16.9 Å². The molecule has 23 heavy (non-hydrogen) atoms. The highest BCUT2D eigenvalue weighted by Gasteiger charge is 2.13. The molecular weight excluding hydrogens is 294 g/mol. The third-order valence-corrected chi connectivity index (χ3v) is 3.78. The zero-order valence-electron chi connectivity index (χ0n) is 13.2. The third kappa shape index (κ3) is 3.01. The molecule has 0 spiro atoms. The molecule has 2 aromatic heterocycles. The van der Waals surface area contributed by atoms with Crippen LogP contribution in [0.1, 0.15) is 27.2 Å². The van der Waals surface area contributed by atoms with E-state index in [0.29, 0.717) is 17.5 Å². The van der Waals surface area contributed by atoms with Crippen molar-refractivity contribution in [2.45, 2.75) is 20.4 Å². The van der Waals surface area contributed by atoms with E-state index in [9.17, 15) is 9.59 Å². The Kier molecular flexibility index (Phi) is 3.73. The second-order valence-electron chi connectivity index (χ2n) is 5.61. The van der Waals surface area contributed by atoms with Crippen molar-refractivity contribution in [1.82, 2.24) is 15.1 Å². The second kappa shape index (κ2) is 5.72. The zero-order chi connectivity index (χ0) is 16.6. The largest absolute Gasteiger partial charge is 0.451 e. The highest BCUT2D eigenvalue weighted by atomic mass is 16.3. The van der Waals surface area contributed by atoms with Crippen LogP contribution in [0.5, 0.6) is 0 Å². The summed E-state index contributed by atoms with van der Waals surface area (Å²) in [6.07, 6.45) is 3.48. The molecule has 0 radical (unpaired) electrons. The van der Waals surface area contributed by atoms with Crippen LogP contribution in [0, 0.1) is 13.8 Å². The average molecular weight is 311 g/mol. The van der Waals surface area contributed by atoms with Gasteiger partial charge in [0.2, 0.25) is 0 Å². The van der Waals surface area contributed by atoms with Gasteiger partial charge in [-0.05, 0) is 37.1 Å². The normalized spacial score (nSPS) is 10.9. The smallest absolute Gasteiger partial charge is 0.287 e. The maximum absolute atomic E-state index is 12.2. The number of rotatable bonds is 3. The molecule has 0 fully saturated rings. The fourth-order valence-corrected chi connectivity index (χ4v) is 2.36. The number of benzene rings is 1. The number of carbonyl (C=O) groups is 1. The van der Waals surface area contributed by atoms with Gasteiger partial charge in [0.1, 0.15) is 5.58 Å². The number of aryl methyl sites for hydroxylation is 3. The lowest BCUT2D eigenvalue weighted by Gasteiger charge is -2.06. The van der Waals surface area contributed by atoms with E-state index >= 15 is 0 Å². The summed E-state index contributed by atoms with van der Waals surface area (Å²) in [7, 11) is 1.80. The summed E-state index contributed by atoms with van der Waals surface area (Å²) in [5.74, 6) is -0.416. The molecular formula is C17H17N3O3. The maximum Gasteiger partial charge on any atom is 0.287 e. The highest BCUT2D eigenvalue weighted by molar-refractivity contribution is 5.93. The molecule has 118 valence electrons. The summed E-state index contributed by atoms with van der Waals surface area (Å²) in [4.78, 5) is 24.4. The summed E-state index contributed by atoms with van der Waals surface area (Å²) in [6.45, 7) is 4.19. The summed E-state index contributed by atoms with van der Waals surface area (Å²) < 4.78 is 7.26. The number of aromatic nitrogens is 2. The number of hydrogen-bond acceptors (Lipinski definition) is 4. The zero-order valence-corrected chi connectivity index (χ0v) is 13.2. The average Bonchev–Trinajstić information content (AvgIpc) is 2.92. The Morgan fingerprint density at radius 1 is 1.26 bits per heavy atom. The number of hydrogen-bond donors (Lipinski definition) is 1. The molecule has 0 aliphatic carbocycles. The maximum atomic E-state index is 12.2. The van der Waals surface area contributed by atoms with Gasteiger partial charge in [0, 0.05) is 31.4 Å². The Morgan fingerprint density at radius 2 is 2.00 bits per heavy atom. The van der Waals surface area contributed by atoms with Crippen LogP contribution in [0.3, 0.4) is 0 Å². The quantitative estimate of drug-likeness (QED) is 0.803. The first kappa shape index (κ1) is 15.0. The van der Waals surface area contributed by atoms with Crippen LogP contribution in [0.2, 0.25) is 0 Å². The summed E-state index contributed by atoms with van der Waals surface area (Å²) >= 11 is 0. The number of carbonyl (C=O) groups excluding carboxylic acids is 1. The van der Waals surface area contributed by atoms with E-state index in [1.54, 1.807) is 30.1 Å². The van der Waals surface area contributed by atoms with E-state index in [-0.39, 0.29) is 11.2 Å². The fraction of sp³-hybridized carbons (Fsp3) is 0.235. The molecule has 3 aromatic rings. The SMILES string of the molecule is Cc1cc2oc(C(=O)NCc3cnn(C)c3)cc(=O)c2cc1C. The lowest BCUT2D eigenvalue weighted by molar-refractivity contribution is 0.0923. The van der Waals surface area contributed by atoms with Crippen molar-refractivity contribution in [3.8, 4) is 0 Å². The number of amides is 1. The van der Waals surface area contributed by atoms with E-state index in [4.69, 9.17) is 4.42 Å². The van der Waals surface area contributed by atoms with Gasteiger partial charge in [-0.25, -0.2) is 0 Å². The molecule has 0 saturated carbocycles. The van der Waals surface area contributed by atoms with Gasteiger partial charge in [0.15, 0.2) is 11.2 Å². The summed E-state index contributed by atoms with van der Waals surface area (Å²) in [5.41, 5.74) is 3.09. The molecule has 0 aliphatic heterocycles. The monoisotopic (exact) mass is 311 g/mol. The van der Waals surface area contributed by atoms with Crippen molar-refractivity contribution in [2.75, 3.05) is 0 Å². The van der Waals surface area contributed by atoms with Gasteiger partial charge >= 0.3 is 0 Å². The molecule has 1 amide bonds. The van der Waals surface area contributed by atoms with Gasteiger partial charge in [0.05, 0.1) is 11.6 Å². The molecule has 2 heterocycles. The lowest BCUT2D eigenvalue weighted by Crippen LogP contribution is -2.23. The number of nitrogens with one attached hydrogen (secondary N) is 1. The number of nitrogens with zero attached hydrogens (tertiary/aromatic N) is 2. The van der Waals surface area contributed by atoms with Crippen molar-refractivity contribution in [3.05, 3.63) is 63.3 Å². The van der Waals surface area contributed by atoms with Gasteiger partial charge in [0.25, 0.3) is 5.91 Å². The van der Waals surface area contributed by atoms with Crippen LogP contribution in [0.4, 0.5) is 0 Å². The molecule has 0 atom stereocenters. The van der Waals surface area contributed by atoms with Gasteiger partial charge in [-0.15, -0.1) is 0 Å². The Bertz CT molecular complexity index is 953. The molecule has 1 N–H and O–H groups in total. The van der Waals surface area contributed by atoms with Crippen LogP contribution in [0.15, 0.2) is 39.8 Å². The Labute approximate surface area is 132 Å². The highest BCUT2D eigenvalue weighted by Crippen LogP contribution is 2.18. The molecule has 0 saturated heterocycles. The molecule has 0 bridgehead atoms. The van der Waals surface area contributed by atoms with E-state index in [2.05, 4.69) is 10.4 Å². The molecule has 1 aromatic carbocycles. The van der Waals surface area contributed by atoms with Gasteiger partial charge in [-0.1, -0.05) is 0 Å². The van der Waals surface area contributed by atoms with Crippen molar-refractivity contribution in [1.29, 1.82) is 0 Å². The molecule has 6 nitrogen and oxygen atoms in total. The first-order chi connectivity index (χ1) is 10.9. The summed E-state index contributed by atoms with van der Waals surface area (Å²) in [6, 6.07) is 4.80. The third-order valence-electron chi connectivity index (χ3n) is 3.78. The van der Waals surface area contributed by atoms with E-state index in [1.807, 2.05) is 20.0 Å². The van der Waals surface area contributed by atoms with Crippen molar-refractivity contribution in [3.63, 3.8) is 0 Å². The van der Waals surface area contributed by atoms with Gasteiger partial charge in [-0.2, -0.15) is 5.10 Å². The fourth-order valence-electron chi connectivity index (χ4n) is 2.36. The predicted molar refractivity (Wildman–Crippen MR) is 86.3 cm³/mol. The van der Waals surface area contributed by atoms with Crippen molar-refractivity contribution in [2.24, 2.45) is 7.05 Å². The Hall–Kier alpha value is -2.89. The minimum Gasteiger partial charge on any atom is -0.451 e. The van der Waals surface area contributed by atoms with E-state index in [1.165, 1.54) is 6.07 Å². The number of fused-ring (bicyclic) bond motifs is 1. The Morgan fingerprint density at radius 3 is 2.70 bits per heavy atom. The first-order valence-electron chi connectivity index (χ1n) is 7.25. The van der Waals surface area contributed by atoms with Crippen LogP contribution in [-0.4, -0.2) is 15.7 Å². The van der Waals surface area contributed by atoms with E-state index in [0.717, 1.165) is 16.7 Å². The van der Waals surface area contributed by atoms with Crippen LogP contribution in [-0.2, 0) is 13.6 Å². The molecule has 0 aliphatic rings. The minimum absolute atomic E-state index is 0.00893. The van der Waals surface area contributed by atoms with Gasteiger partial charge < -0.3 is 9.73 Å². The molecule has 3 rings (SSSR count). The second-order valence-corrected chi connectivity index (χ2v) is 5.61. The van der Waals surface area contributed by atoms with Gasteiger partial charge in [-0.3, -0.25) is 14.3 Å². The summed E-state index contributed by atoms with van der Waals surface area (Å²) in [5, 5.41) is 7.24. The standard InChI is InChI=1S/C17H17N3O3/c1-10-4-13-14(21)6-16(23-15(13)5-11(10)2)17(22)18-7-12-8-19-20(3)9-12/h4-6,8-9H,7H2,1-3H3,(H,18,22). The lowest BCUT2D eigenvalue weighted by atomic mass is 10.1. The Balaban J connectivity index is 1.88. The van der Waals surface area contributed by atoms with Crippen LogP contribution < -0.4 is 10.7 Å². The van der Waals surface area contributed by atoms with E-state index < -0.39 is 5.91 Å². The van der Waals surface area contributed by atoms with Crippen molar-refractivity contribution < 1.29 is 9.21 Å². The van der Waals surface area contributed by atoms with Crippen LogP contribution >= 0.6 is 0 Å². The van der Waals surface area contributed by atoms with Crippen LogP contribution in [0.25, 0.3) is 11.0 Å². The first-order valence-corrected chi connectivity index (χ1v) is 7.25. The minimum atomic E-state index is -0.425. The topological polar surface area (TPSA) is 77.1 Å². The predicted octanol–water partition coefficient (Wildman–Crippen LogP) is 2.07. The molecule has 0 unspecified atom stereocenters. The molecule has 6 heteroatoms.